The molecule has 3 aliphatic carbocycles. The number of Topliss-reactive ketones (excluding diaryl/α,β-unsaturated/α-hetero) is 1. The number of benzene rings is 3. The van der Waals surface area contributed by atoms with Gasteiger partial charge in [0, 0.05) is 40.2 Å². The lowest BCUT2D eigenvalue weighted by Crippen LogP contribution is -2.39. The molecular weight excluding hydrogens is 536 g/mol. The van der Waals surface area contributed by atoms with Gasteiger partial charge in [-0.25, -0.2) is 0 Å². The number of phenolic OH excluding ortho intramolecular Hbond substituents is 1. The van der Waals surface area contributed by atoms with Gasteiger partial charge in [-0.2, -0.15) is 0 Å². The van der Waals surface area contributed by atoms with Crippen molar-refractivity contribution in [2.45, 2.75) is 25.7 Å². The minimum atomic E-state index is -0.762. The van der Waals surface area contributed by atoms with E-state index in [0.717, 1.165) is 21.4 Å². The van der Waals surface area contributed by atoms with E-state index in [2.05, 4.69) is 0 Å². The number of hydrogen-bond acceptors (Lipinski definition) is 7. The molecule has 0 spiro atoms. The maximum absolute atomic E-state index is 14.0. The Balaban J connectivity index is 1.38. The van der Waals surface area contributed by atoms with Gasteiger partial charge >= 0.3 is 0 Å². The number of rotatable bonds is 3. The zero-order chi connectivity index (χ0) is 29.4. The first-order valence-electron chi connectivity index (χ1n) is 13.7. The predicted molar refractivity (Wildman–Crippen MR) is 153 cm³/mol. The van der Waals surface area contributed by atoms with Gasteiger partial charge in [-0.3, -0.25) is 34.2 Å². The molecule has 0 saturated carbocycles. The number of amides is 2. The summed E-state index contributed by atoms with van der Waals surface area (Å²) in [4.78, 5) is 66.4. The van der Waals surface area contributed by atoms with E-state index in [-0.39, 0.29) is 47.4 Å². The van der Waals surface area contributed by atoms with Crippen LogP contribution in [0.3, 0.4) is 0 Å². The van der Waals surface area contributed by atoms with E-state index in [1.165, 1.54) is 30.3 Å². The quantitative estimate of drug-likeness (QED) is 0.155. The number of nitro groups is 1. The summed E-state index contributed by atoms with van der Waals surface area (Å²) in [6.45, 7) is 1.62. The molecule has 9 heteroatoms. The number of allylic oxidation sites excluding steroid dienone is 6. The van der Waals surface area contributed by atoms with E-state index in [1.54, 1.807) is 25.1 Å². The van der Waals surface area contributed by atoms with Crippen LogP contribution in [0.4, 0.5) is 11.4 Å². The fourth-order valence-corrected chi connectivity index (χ4v) is 7.25. The summed E-state index contributed by atoms with van der Waals surface area (Å²) < 4.78 is 0. The van der Waals surface area contributed by atoms with Gasteiger partial charge < -0.3 is 5.11 Å². The number of anilines is 1. The van der Waals surface area contributed by atoms with Crippen LogP contribution >= 0.6 is 0 Å². The number of ketones is 2. The Bertz CT molecular complexity index is 1880. The van der Waals surface area contributed by atoms with Crippen molar-refractivity contribution in [3.05, 3.63) is 111 Å². The number of nitrogens with zero attached hydrogens (tertiary/aromatic N) is 2. The monoisotopic (exact) mass is 560 g/mol. The molecule has 1 saturated heterocycles. The highest BCUT2D eigenvalue weighted by atomic mass is 16.6. The largest absolute Gasteiger partial charge is 0.507 e. The van der Waals surface area contributed by atoms with Gasteiger partial charge in [-0.15, -0.1) is 0 Å². The first-order chi connectivity index (χ1) is 20.2. The van der Waals surface area contributed by atoms with Crippen LogP contribution in [0.5, 0.6) is 5.75 Å². The first-order valence-corrected chi connectivity index (χ1v) is 13.7. The molecule has 208 valence electrons. The third-order valence-electron chi connectivity index (χ3n) is 9.13. The van der Waals surface area contributed by atoms with Crippen LogP contribution in [-0.4, -0.2) is 33.4 Å². The third-order valence-corrected chi connectivity index (χ3v) is 9.13. The van der Waals surface area contributed by atoms with Gasteiger partial charge in [0.25, 0.3) is 5.69 Å². The van der Waals surface area contributed by atoms with E-state index in [4.69, 9.17) is 0 Å². The highest BCUT2D eigenvalue weighted by Crippen LogP contribution is 2.56. The number of hydrogen-bond donors (Lipinski definition) is 1. The molecule has 4 atom stereocenters. The van der Waals surface area contributed by atoms with E-state index in [9.17, 15) is 34.4 Å². The number of carbonyl (C=O) groups is 4. The summed E-state index contributed by atoms with van der Waals surface area (Å²) in [7, 11) is 0. The predicted octanol–water partition coefficient (Wildman–Crippen LogP) is 5.09. The number of imide groups is 1. The SMILES string of the molecule is CC1=CC(=O)C2=C(C1=O)C(c1ccc(O)c3ccccc13)C1=CCC3C(=O)N(c4ccc([N+](=O)[O-])cc4)C(=O)C3C1C2. The van der Waals surface area contributed by atoms with Crippen LogP contribution in [0.25, 0.3) is 10.8 Å². The molecule has 2 amide bonds. The number of nitro benzene ring substituents is 1. The standard InChI is InChI=1S/C33H24N2O7/c1-16-14-27(37)25-15-24-22(28(30(25)31(16)38)21-12-13-26(36)20-5-3-2-4-19(20)21)10-11-23-29(24)33(40)34(32(23)39)17-6-8-18(9-7-17)35(41)42/h2-10,12-14,23-24,28-29,36H,11,15H2,1H3. The van der Waals surface area contributed by atoms with Gasteiger partial charge in [-0.1, -0.05) is 42.0 Å². The third kappa shape index (κ3) is 3.56. The molecule has 1 N–H and O–H groups in total. The Morgan fingerprint density at radius 1 is 0.905 bits per heavy atom. The van der Waals surface area contributed by atoms with Crippen molar-refractivity contribution in [3.8, 4) is 5.75 Å². The Hall–Kier alpha value is -5.18. The smallest absolute Gasteiger partial charge is 0.269 e. The highest BCUT2D eigenvalue weighted by molar-refractivity contribution is 6.25. The molecule has 4 aliphatic rings. The van der Waals surface area contributed by atoms with E-state index in [1.807, 2.05) is 24.3 Å². The molecule has 0 radical (unpaired) electrons. The van der Waals surface area contributed by atoms with Crippen LogP contribution in [0.2, 0.25) is 0 Å². The molecule has 3 aromatic rings. The van der Waals surface area contributed by atoms with Gasteiger partial charge in [0.2, 0.25) is 11.8 Å². The Kier molecular flexibility index (Phi) is 5.63. The number of fused-ring (bicyclic) bond motifs is 4. The van der Waals surface area contributed by atoms with E-state index in [0.29, 0.717) is 22.1 Å². The molecule has 1 heterocycles. The van der Waals surface area contributed by atoms with Gasteiger partial charge in [0.1, 0.15) is 5.75 Å². The molecule has 42 heavy (non-hydrogen) atoms. The minimum Gasteiger partial charge on any atom is -0.507 e. The number of aromatic hydroxyl groups is 1. The zero-order valence-electron chi connectivity index (χ0n) is 22.4. The van der Waals surface area contributed by atoms with Crippen LogP contribution in [0.15, 0.2) is 95.1 Å². The molecule has 7 rings (SSSR count). The van der Waals surface area contributed by atoms with Crippen molar-refractivity contribution < 1.29 is 29.2 Å². The molecule has 0 aromatic heterocycles. The van der Waals surface area contributed by atoms with Crippen molar-refractivity contribution in [1.82, 2.24) is 0 Å². The summed E-state index contributed by atoms with van der Waals surface area (Å²) >= 11 is 0. The number of non-ortho nitro benzene ring substituents is 1. The van der Waals surface area contributed by atoms with E-state index < -0.39 is 34.5 Å². The van der Waals surface area contributed by atoms with Crippen molar-refractivity contribution >= 4 is 45.5 Å². The Labute approximate surface area is 239 Å². The molecule has 3 aromatic carbocycles. The van der Waals surface area contributed by atoms with Crippen LogP contribution in [0, 0.1) is 27.9 Å². The van der Waals surface area contributed by atoms with Crippen molar-refractivity contribution in [3.63, 3.8) is 0 Å². The van der Waals surface area contributed by atoms with Gasteiger partial charge in [-0.05, 0) is 60.9 Å². The summed E-state index contributed by atoms with van der Waals surface area (Å²) in [5.74, 6) is -3.79. The maximum atomic E-state index is 14.0. The Morgan fingerprint density at radius 2 is 1.62 bits per heavy atom. The normalized spacial score (nSPS) is 25.2. The topological polar surface area (TPSA) is 135 Å². The molecule has 1 fully saturated rings. The molecule has 9 nitrogen and oxygen atoms in total. The van der Waals surface area contributed by atoms with Crippen molar-refractivity contribution in [2.24, 2.45) is 17.8 Å². The number of phenols is 1. The molecule has 0 bridgehead atoms. The second-order valence-corrected chi connectivity index (χ2v) is 11.2. The molecule has 1 aliphatic heterocycles. The van der Waals surface area contributed by atoms with Gasteiger partial charge in [0.05, 0.1) is 22.4 Å². The molecule has 4 unspecified atom stereocenters. The van der Waals surface area contributed by atoms with Gasteiger partial charge in [0.15, 0.2) is 11.6 Å². The summed E-state index contributed by atoms with van der Waals surface area (Å²) in [6, 6.07) is 15.9. The van der Waals surface area contributed by atoms with Crippen LogP contribution < -0.4 is 4.90 Å². The summed E-state index contributed by atoms with van der Waals surface area (Å²) in [6.07, 6.45) is 3.71. The average Bonchev–Trinajstić information content (AvgIpc) is 3.25. The fourth-order valence-electron chi connectivity index (χ4n) is 7.25. The lowest BCUT2D eigenvalue weighted by Gasteiger charge is -2.42. The zero-order valence-corrected chi connectivity index (χ0v) is 22.4. The Morgan fingerprint density at radius 3 is 2.33 bits per heavy atom. The maximum Gasteiger partial charge on any atom is 0.269 e. The average molecular weight is 561 g/mol. The number of carbonyl (C=O) groups excluding carboxylic acids is 4. The lowest BCUT2D eigenvalue weighted by molar-refractivity contribution is -0.384. The molecular formula is C33H24N2O7. The second-order valence-electron chi connectivity index (χ2n) is 11.2. The van der Waals surface area contributed by atoms with Crippen molar-refractivity contribution in [2.75, 3.05) is 4.90 Å². The van der Waals surface area contributed by atoms with E-state index >= 15 is 0 Å². The first kappa shape index (κ1) is 25.8. The van der Waals surface area contributed by atoms with Crippen molar-refractivity contribution in [1.29, 1.82) is 0 Å². The highest BCUT2D eigenvalue weighted by Gasteiger charge is 2.56. The summed E-state index contributed by atoms with van der Waals surface area (Å²) in [5.41, 5.74) is 2.74. The fraction of sp³-hybridized carbons (Fsp3) is 0.212. The lowest BCUT2D eigenvalue weighted by atomic mass is 9.59. The minimum absolute atomic E-state index is 0.0889. The second kappa shape index (κ2) is 9.17. The summed E-state index contributed by atoms with van der Waals surface area (Å²) in [5, 5.41) is 23.1. The van der Waals surface area contributed by atoms with Crippen LogP contribution in [-0.2, 0) is 19.2 Å². The van der Waals surface area contributed by atoms with Crippen LogP contribution in [0.1, 0.15) is 31.2 Å².